The summed E-state index contributed by atoms with van der Waals surface area (Å²) in [4.78, 5) is 34.6. The van der Waals surface area contributed by atoms with E-state index in [0.29, 0.717) is 31.8 Å². The summed E-state index contributed by atoms with van der Waals surface area (Å²) in [7, 11) is 0. The van der Waals surface area contributed by atoms with Gasteiger partial charge in [-0.25, -0.2) is 0 Å². The van der Waals surface area contributed by atoms with Crippen LogP contribution >= 0.6 is 0 Å². The van der Waals surface area contributed by atoms with E-state index in [-0.39, 0.29) is 23.8 Å². The Bertz CT molecular complexity index is 881. The maximum Gasteiger partial charge on any atom is 0.228 e. The zero-order valence-corrected chi connectivity index (χ0v) is 17.3. The molecule has 0 radical (unpaired) electrons. The molecule has 2 aliphatic heterocycles. The zero-order chi connectivity index (χ0) is 20.4. The van der Waals surface area contributed by atoms with Crippen LogP contribution in [0.4, 0.5) is 0 Å². The number of carbonyl (C=O) groups is 2. The van der Waals surface area contributed by atoms with Crippen molar-refractivity contribution in [2.24, 2.45) is 11.8 Å². The molecular weight excluding hydrogens is 362 g/mol. The van der Waals surface area contributed by atoms with Gasteiger partial charge in [0, 0.05) is 38.4 Å². The van der Waals surface area contributed by atoms with Crippen molar-refractivity contribution in [2.45, 2.75) is 45.7 Å². The molecule has 1 fully saturated rings. The Labute approximate surface area is 172 Å². The largest absolute Gasteiger partial charge is 0.338 e. The number of aromatic nitrogens is 1. The number of piperidine rings is 1. The number of carbonyl (C=O) groups excluding carboxylic acids is 2. The molecule has 4 rings (SSSR count). The van der Waals surface area contributed by atoms with Gasteiger partial charge in [0.25, 0.3) is 0 Å². The van der Waals surface area contributed by atoms with Crippen molar-refractivity contribution in [3.05, 3.63) is 65.5 Å². The summed E-state index contributed by atoms with van der Waals surface area (Å²) in [5, 5.41) is 0. The summed E-state index contributed by atoms with van der Waals surface area (Å²) in [6, 6.07) is 12.0. The van der Waals surface area contributed by atoms with Crippen molar-refractivity contribution in [1.29, 1.82) is 0 Å². The summed E-state index contributed by atoms with van der Waals surface area (Å²) in [6.45, 7) is 6.28. The number of pyridine rings is 1. The van der Waals surface area contributed by atoms with Gasteiger partial charge in [0.1, 0.15) is 0 Å². The molecule has 2 amide bonds. The molecule has 0 bridgehead atoms. The Morgan fingerprint density at radius 1 is 1.14 bits per heavy atom. The fourth-order valence-corrected chi connectivity index (χ4v) is 4.70. The molecule has 29 heavy (non-hydrogen) atoms. The molecule has 5 heteroatoms. The standard InChI is InChI=1S/C24H29N3O2/c1-17(2)15-27-22(28)10-9-21(23(27)19-8-5-12-25-14-19)24(29)26-13-11-18-6-3-4-7-20(18)16-26/h3-8,12,14,17,21,23H,9-11,13,15-16H2,1-2H3/t21-,23+/m1/s1. The normalized spacial score (nSPS) is 22.0. The highest BCUT2D eigenvalue weighted by atomic mass is 16.2. The van der Waals surface area contributed by atoms with E-state index in [0.717, 1.165) is 18.5 Å². The van der Waals surface area contributed by atoms with Gasteiger partial charge < -0.3 is 9.80 Å². The number of hydrogen-bond acceptors (Lipinski definition) is 3. The molecule has 5 nitrogen and oxygen atoms in total. The molecule has 2 aromatic rings. The first-order valence-corrected chi connectivity index (χ1v) is 10.6. The van der Waals surface area contributed by atoms with Crippen LogP contribution in [0.25, 0.3) is 0 Å². The fourth-order valence-electron chi connectivity index (χ4n) is 4.70. The average molecular weight is 392 g/mol. The van der Waals surface area contributed by atoms with Crippen LogP contribution in [0.2, 0.25) is 0 Å². The van der Waals surface area contributed by atoms with Crippen molar-refractivity contribution in [3.63, 3.8) is 0 Å². The second-order valence-electron chi connectivity index (χ2n) is 8.59. The predicted molar refractivity (Wildman–Crippen MR) is 112 cm³/mol. The van der Waals surface area contributed by atoms with E-state index in [4.69, 9.17) is 0 Å². The van der Waals surface area contributed by atoms with Gasteiger partial charge in [-0.1, -0.05) is 44.2 Å². The highest BCUT2D eigenvalue weighted by Gasteiger charge is 2.42. The molecule has 0 unspecified atom stereocenters. The first-order chi connectivity index (χ1) is 14.0. The Kier molecular flexibility index (Phi) is 5.65. The monoisotopic (exact) mass is 391 g/mol. The molecular formula is C24H29N3O2. The summed E-state index contributed by atoms with van der Waals surface area (Å²) in [5.74, 6) is 0.421. The van der Waals surface area contributed by atoms with Gasteiger partial charge in [0.2, 0.25) is 11.8 Å². The maximum absolute atomic E-state index is 13.7. The van der Waals surface area contributed by atoms with Crippen molar-refractivity contribution in [3.8, 4) is 0 Å². The molecule has 1 saturated heterocycles. The predicted octanol–water partition coefficient (Wildman–Crippen LogP) is 3.60. The van der Waals surface area contributed by atoms with Crippen LogP contribution in [0.1, 0.15) is 49.4 Å². The van der Waals surface area contributed by atoms with E-state index in [2.05, 4.69) is 37.0 Å². The van der Waals surface area contributed by atoms with Gasteiger partial charge in [-0.15, -0.1) is 0 Å². The minimum absolute atomic E-state index is 0.139. The SMILES string of the molecule is CC(C)CN1C(=O)CC[C@@H](C(=O)N2CCc3ccccc3C2)[C@@H]1c1cccnc1. The van der Waals surface area contributed by atoms with Crippen LogP contribution < -0.4 is 0 Å². The van der Waals surface area contributed by atoms with Gasteiger partial charge in [-0.2, -0.15) is 0 Å². The van der Waals surface area contributed by atoms with E-state index < -0.39 is 0 Å². The second kappa shape index (κ2) is 8.36. The molecule has 0 aliphatic carbocycles. The second-order valence-corrected chi connectivity index (χ2v) is 8.59. The van der Waals surface area contributed by atoms with Crippen molar-refractivity contribution >= 4 is 11.8 Å². The van der Waals surface area contributed by atoms with Crippen molar-refractivity contribution in [1.82, 2.24) is 14.8 Å². The molecule has 1 aromatic heterocycles. The number of amides is 2. The van der Waals surface area contributed by atoms with E-state index >= 15 is 0 Å². The Balaban J connectivity index is 1.63. The molecule has 1 aromatic carbocycles. The Morgan fingerprint density at radius 2 is 1.93 bits per heavy atom. The molecule has 0 spiro atoms. The van der Waals surface area contributed by atoms with Crippen LogP contribution in [0, 0.1) is 11.8 Å². The lowest BCUT2D eigenvalue weighted by atomic mass is 9.82. The number of rotatable bonds is 4. The maximum atomic E-state index is 13.7. The van der Waals surface area contributed by atoms with Crippen LogP contribution in [0.5, 0.6) is 0 Å². The minimum atomic E-state index is -0.239. The van der Waals surface area contributed by atoms with Crippen LogP contribution in [-0.2, 0) is 22.6 Å². The number of fused-ring (bicyclic) bond motifs is 1. The topological polar surface area (TPSA) is 53.5 Å². The first-order valence-electron chi connectivity index (χ1n) is 10.6. The third-order valence-electron chi connectivity index (χ3n) is 6.05. The van der Waals surface area contributed by atoms with Gasteiger partial charge in [0.05, 0.1) is 12.0 Å². The molecule has 2 atom stereocenters. The highest BCUT2D eigenvalue weighted by molar-refractivity contribution is 5.85. The lowest BCUT2D eigenvalue weighted by molar-refractivity contribution is -0.149. The van der Waals surface area contributed by atoms with Crippen LogP contribution in [-0.4, -0.2) is 39.7 Å². The molecule has 3 heterocycles. The molecule has 2 aliphatic rings. The summed E-state index contributed by atoms with van der Waals surface area (Å²) in [5.41, 5.74) is 3.52. The van der Waals surface area contributed by atoms with Gasteiger partial charge in [-0.3, -0.25) is 14.6 Å². The third-order valence-corrected chi connectivity index (χ3v) is 6.05. The van der Waals surface area contributed by atoms with E-state index in [1.54, 1.807) is 6.20 Å². The number of likely N-dealkylation sites (tertiary alicyclic amines) is 1. The Morgan fingerprint density at radius 3 is 2.66 bits per heavy atom. The number of benzene rings is 1. The van der Waals surface area contributed by atoms with E-state index in [1.165, 1.54) is 11.1 Å². The third kappa shape index (κ3) is 4.04. The minimum Gasteiger partial charge on any atom is -0.338 e. The molecule has 152 valence electrons. The van der Waals surface area contributed by atoms with E-state index in [1.807, 2.05) is 34.2 Å². The summed E-state index contributed by atoms with van der Waals surface area (Å²) in [6.07, 6.45) is 5.47. The number of nitrogens with zero attached hydrogens (tertiary/aromatic N) is 3. The first kappa shape index (κ1) is 19.6. The van der Waals surface area contributed by atoms with Crippen LogP contribution in [0.3, 0.4) is 0 Å². The van der Waals surface area contributed by atoms with Crippen molar-refractivity contribution in [2.75, 3.05) is 13.1 Å². The van der Waals surface area contributed by atoms with E-state index in [9.17, 15) is 9.59 Å². The van der Waals surface area contributed by atoms with Gasteiger partial charge in [0.15, 0.2) is 0 Å². The summed E-state index contributed by atoms with van der Waals surface area (Å²) >= 11 is 0. The molecule has 0 saturated carbocycles. The van der Waals surface area contributed by atoms with Gasteiger partial charge in [-0.05, 0) is 41.5 Å². The lowest BCUT2D eigenvalue weighted by Crippen LogP contribution is -2.50. The Hall–Kier alpha value is -2.69. The zero-order valence-electron chi connectivity index (χ0n) is 17.3. The average Bonchev–Trinajstić information content (AvgIpc) is 2.74. The fraction of sp³-hybridized carbons (Fsp3) is 0.458. The number of hydrogen-bond donors (Lipinski definition) is 0. The highest BCUT2D eigenvalue weighted by Crippen LogP contribution is 2.38. The summed E-state index contributed by atoms with van der Waals surface area (Å²) < 4.78 is 0. The molecule has 0 N–H and O–H groups in total. The van der Waals surface area contributed by atoms with Gasteiger partial charge >= 0.3 is 0 Å². The van der Waals surface area contributed by atoms with Crippen LogP contribution in [0.15, 0.2) is 48.8 Å². The smallest absolute Gasteiger partial charge is 0.228 e. The van der Waals surface area contributed by atoms with Crippen molar-refractivity contribution < 1.29 is 9.59 Å². The quantitative estimate of drug-likeness (QED) is 0.800. The lowest BCUT2D eigenvalue weighted by Gasteiger charge is -2.43.